The van der Waals surface area contributed by atoms with Gasteiger partial charge >= 0.3 is 17.9 Å². The zero-order valence-corrected chi connectivity index (χ0v) is 27.9. The van der Waals surface area contributed by atoms with Gasteiger partial charge in [-0.2, -0.15) is 0 Å². The summed E-state index contributed by atoms with van der Waals surface area (Å²) < 4.78 is 21.6. The Morgan fingerprint density at radius 1 is 0.467 bits per heavy atom. The molecule has 0 rings (SSSR count). The molecule has 0 fully saturated rings. The van der Waals surface area contributed by atoms with E-state index >= 15 is 0 Å². The first-order valence-electron chi connectivity index (χ1n) is 16.1. The normalized spacial score (nSPS) is 12.7. The lowest BCUT2D eigenvalue weighted by atomic mass is 9.89. The SMILES string of the molecule is CCCCCCCCCCCCOCC(CO)(CO)COC(=O)C(C)(COC(=O)C(C)(CO)CO)COC(=O)C(C)(CO)CO. The van der Waals surface area contributed by atoms with Gasteiger partial charge in [0.05, 0.1) is 51.7 Å². The predicted octanol–water partition coefficient (Wildman–Crippen LogP) is 1.51. The van der Waals surface area contributed by atoms with Gasteiger partial charge in [0.1, 0.15) is 36.1 Å². The molecule has 0 aliphatic carbocycles. The van der Waals surface area contributed by atoms with E-state index in [9.17, 15) is 45.0 Å². The van der Waals surface area contributed by atoms with Crippen molar-refractivity contribution in [1.82, 2.24) is 0 Å². The van der Waals surface area contributed by atoms with E-state index in [0.29, 0.717) is 6.61 Å². The van der Waals surface area contributed by atoms with Gasteiger partial charge in [0, 0.05) is 6.61 Å². The Kier molecular flexibility index (Phi) is 21.7. The van der Waals surface area contributed by atoms with E-state index in [1.165, 1.54) is 65.7 Å². The maximum Gasteiger partial charge on any atom is 0.318 e. The molecular formula is C32H60O13. The Morgan fingerprint density at radius 3 is 1.20 bits per heavy atom. The minimum atomic E-state index is -1.82. The highest BCUT2D eigenvalue weighted by Crippen LogP contribution is 2.27. The van der Waals surface area contributed by atoms with Crippen LogP contribution in [0.25, 0.3) is 0 Å². The molecule has 13 nitrogen and oxygen atoms in total. The van der Waals surface area contributed by atoms with E-state index in [0.717, 1.165) is 19.3 Å². The maximum atomic E-state index is 13.3. The first kappa shape index (κ1) is 43.1. The highest BCUT2D eigenvalue weighted by atomic mass is 16.6. The second-order valence-electron chi connectivity index (χ2n) is 13.1. The molecule has 0 bridgehead atoms. The van der Waals surface area contributed by atoms with Crippen LogP contribution in [-0.2, 0) is 33.3 Å². The van der Waals surface area contributed by atoms with Gasteiger partial charge in [-0.15, -0.1) is 0 Å². The quantitative estimate of drug-likeness (QED) is 0.0403. The molecule has 0 aliphatic rings. The van der Waals surface area contributed by atoms with Crippen LogP contribution in [0, 0.1) is 21.7 Å². The molecule has 0 spiro atoms. The molecule has 0 saturated carbocycles. The van der Waals surface area contributed by atoms with E-state index in [4.69, 9.17) is 18.9 Å². The summed E-state index contributed by atoms with van der Waals surface area (Å²) in [7, 11) is 0. The average Bonchev–Trinajstić information content (AvgIpc) is 3.06. The highest BCUT2D eigenvalue weighted by molar-refractivity contribution is 5.81. The molecule has 0 amide bonds. The smallest absolute Gasteiger partial charge is 0.318 e. The van der Waals surface area contributed by atoms with Crippen LogP contribution < -0.4 is 0 Å². The van der Waals surface area contributed by atoms with Crippen molar-refractivity contribution in [2.24, 2.45) is 21.7 Å². The number of carbonyl (C=O) groups is 3. The van der Waals surface area contributed by atoms with Gasteiger partial charge in [-0.05, 0) is 27.2 Å². The predicted molar refractivity (Wildman–Crippen MR) is 165 cm³/mol. The number of ether oxygens (including phenoxy) is 4. The van der Waals surface area contributed by atoms with Gasteiger partial charge in [-0.25, -0.2) is 0 Å². The summed E-state index contributed by atoms with van der Waals surface area (Å²) in [5, 5.41) is 58.1. The number of esters is 3. The minimum Gasteiger partial charge on any atom is -0.464 e. The van der Waals surface area contributed by atoms with Gasteiger partial charge in [0.15, 0.2) is 0 Å². The summed E-state index contributed by atoms with van der Waals surface area (Å²) in [6.07, 6.45) is 11.6. The molecule has 0 atom stereocenters. The lowest BCUT2D eigenvalue weighted by Gasteiger charge is -2.33. The third kappa shape index (κ3) is 15.1. The molecule has 0 radical (unpaired) electrons. The highest BCUT2D eigenvalue weighted by Gasteiger charge is 2.44. The molecule has 0 aromatic heterocycles. The molecule has 0 unspecified atom stereocenters. The van der Waals surface area contributed by atoms with Crippen LogP contribution >= 0.6 is 0 Å². The van der Waals surface area contributed by atoms with Gasteiger partial charge in [-0.1, -0.05) is 64.7 Å². The van der Waals surface area contributed by atoms with Gasteiger partial charge in [0.2, 0.25) is 0 Å². The summed E-state index contributed by atoms with van der Waals surface area (Å²) in [5.74, 6) is -3.05. The largest absolute Gasteiger partial charge is 0.464 e. The summed E-state index contributed by atoms with van der Waals surface area (Å²) >= 11 is 0. The summed E-state index contributed by atoms with van der Waals surface area (Å²) in [6.45, 7) is 0.369. The Morgan fingerprint density at radius 2 is 0.822 bits per heavy atom. The maximum absolute atomic E-state index is 13.3. The van der Waals surface area contributed by atoms with Crippen molar-refractivity contribution in [2.75, 3.05) is 72.7 Å². The summed E-state index contributed by atoms with van der Waals surface area (Å²) in [5.41, 5.74) is -6.48. The van der Waals surface area contributed by atoms with Gasteiger partial charge in [-0.3, -0.25) is 14.4 Å². The van der Waals surface area contributed by atoms with Crippen LogP contribution in [-0.4, -0.2) is 121 Å². The standard InChI is InChI=1S/C32H60O13/c1-5-6-7-8-9-10-11-12-13-14-15-42-24-32(20-37,21-38)25-45-28(41)31(4,22-43-26(39)29(2,16-33)17-34)23-44-27(40)30(3,18-35)19-36/h33-38H,5-25H2,1-4H3. The van der Waals surface area contributed by atoms with Crippen molar-refractivity contribution < 1.29 is 64.0 Å². The van der Waals surface area contributed by atoms with Crippen LogP contribution in [0.3, 0.4) is 0 Å². The zero-order chi connectivity index (χ0) is 34.4. The topological polar surface area (TPSA) is 210 Å². The van der Waals surface area contributed by atoms with Gasteiger partial charge in [0.25, 0.3) is 0 Å². The Labute approximate surface area is 268 Å². The summed E-state index contributed by atoms with van der Waals surface area (Å²) in [4.78, 5) is 38.4. The van der Waals surface area contributed by atoms with Crippen LogP contribution in [0.5, 0.6) is 0 Å². The molecular weight excluding hydrogens is 592 g/mol. The summed E-state index contributed by atoms with van der Waals surface area (Å²) in [6, 6.07) is 0. The molecule has 0 aliphatic heterocycles. The number of hydrogen-bond acceptors (Lipinski definition) is 13. The lowest BCUT2D eigenvalue weighted by Crippen LogP contribution is -2.47. The molecule has 0 saturated heterocycles. The van der Waals surface area contributed by atoms with Crippen molar-refractivity contribution in [2.45, 2.75) is 91.9 Å². The van der Waals surface area contributed by atoms with Crippen molar-refractivity contribution in [3.8, 4) is 0 Å². The monoisotopic (exact) mass is 652 g/mol. The number of unbranched alkanes of at least 4 members (excludes halogenated alkanes) is 9. The fourth-order valence-electron chi connectivity index (χ4n) is 3.96. The van der Waals surface area contributed by atoms with E-state index < -0.39 is 99.0 Å². The molecule has 6 N–H and O–H groups in total. The third-order valence-corrected chi connectivity index (χ3v) is 8.15. The molecule has 45 heavy (non-hydrogen) atoms. The average molecular weight is 653 g/mol. The zero-order valence-electron chi connectivity index (χ0n) is 27.9. The van der Waals surface area contributed by atoms with Crippen molar-refractivity contribution in [3.05, 3.63) is 0 Å². The second-order valence-corrected chi connectivity index (χ2v) is 13.1. The van der Waals surface area contributed by atoms with E-state index in [-0.39, 0.29) is 6.61 Å². The first-order valence-corrected chi connectivity index (χ1v) is 16.1. The van der Waals surface area contributed by atoms with Crippen LogP contribution in [0.4, 0.5) is 0 Å². The fraction of sp³-hybridized carbons (Fsp3) is 0.906. The fourth-order valence-corrected chi connectivity index (χ4v) is 3.96. The van der Waals surface area contributed by atoms with E-state index in [1.54, 1.807) is 0 Å². The van der Waals surface area contributed by atoms with Crippen molar-refractivity contribution >= 4 is 17.9 Å². The van der Waals surface area contributed by atoms with E-state index in [2.05, 4.69) is 6.92 Å². The van der Waals surface area contributed by atoms with Crippen molar-refractivity contribution in [3.63, 3.8) is 0 Å². The first-order chi connectivity index (χ1) is 21.3. The van der Waals surface area contributed by atoms with Crippen LogP contribution in [0.15, 0.2) is 0 Å². The molecule has 0 aromatic carbocycles. The number of aliphatic hydroxyl groups excluding tert-OH is 6. The van der Waals surface area contributed by atoms with Gasteiger partial charge < -0.3 is 49.6 Å². The van der Waals surface area contributed by atoms with Crippen molar-refractivity contribution in [1.29, 1.82) is 0 Å². The Bertz CT molecular complexity index is 786. The number of rotatable bonds is 28. The number of carbonyl (C=O) groups excluding carboxylic acids is 3. The minimum absolute atomic E-state index is 0.0951. The Hall–Kier alpha value is -1.87. The molecule has 0 aromatic rings. The molecule has 266 valence electrons. The molecule has 13 heteroatoms. The lowest BCUT2D eigenvalue weighted by molar-refractivity contribution is -0.182. The van der Waals surface area contributed by atoms with Crippen LogP contribution in [0.2, 0.25) is 0 Å². The number of hydrogen-bond donors (Lipinski definition) is 6. The number of aliphatic hydroxyl groups is 6. The molecule has 0 heterocycles. The van der Waals surface area contributed by atoms with Crippen LogP contribution in [0.1, 0.15) is 91.9 Å². The van der Waals surface area contributed by atoms with E-state index in [1.807, 2.05) is 0 Å². The second kappa shape index (κ2) is 22.6. The Balaban J connectivity index is 5.22. The third-order valence-electron chi connectivity index (χ3n) is 8.15.